The van der Waals surface area contributed by atoms with Gasteiger partial charge in [-0.05, 0) is 29.8 Å². The first-order valence-electron chi connectivity index (χ1n) is 6.84. The monoisotopic (exact) mass is 319 g/mol. The molecule has 0 heterocycles. The van der Waals surface area contributed by atoms with Crippen LogP contribution in [0.3, 0.4) is 0 Å². The van der Waals surface area contributed by atoms with E-state index in [0.717, 1.165) is 16.0 Å². The van der Waals surface area contributed by atoms with E-state index in [4.69, 9.17) is 11.6 Å². The Bertz CT molecular complexity index is 610. The van der Waals surface area contributed by atoms with Crippen molar-refractivity contribution in [2.75, 3.05) is 0 Å². The highest BCUT2D eigenvalue weighted by Crippen LogP contribution is 2.26. The highest BCUT2D eigenvalue weighted by atomic mass is 35.5. The number of benzene rings is 2. The van der Waals surface area contributed by atoms with Gasteiger partial charge in [0.1, 0.15) is 0 Å². The molecule has 1 N–H and O–H groups in total. The first-order chi connectivity index (χ1) is 10.1. The Morgan fingerprint density at radius 2 is 1.81 bits per heavy atom. The van der Waals surface area contributed by atoms with Crippen molar-refractivity contribution in [3.63, 3.8) is 0 Å². The number of nitrogens with one attached hydrogen (secondary N) is 1. The van der Waals surface area contributed by atoms with Crippen molar-refractivity contribution >= 4 is 29.3 Å². The lowest BCUT2D eigenvalue weighted by Gasteiger charge is -2.11. The van der Waals surface area contributed by atoms with E-state index in [0.29, 0.717) is 16.8 Å². The molecule has 2 rings (SSSR count). The van der Waals surface area contributed by atoms with Gasteiger partial charge in [0.25, 0.3) is 5.91 Å². The third-order valence-electron chi connectivity index (χ3n) is 2.86. The molecular formula is C17H18ClNOS. The highest BCUT2D eigenvalue weighted by molar-refractivity contribution is 8.00. The Morgan fingerprint density at radius 3 is 2.48 bits per heavy atom. The van der Waals surface area contributed by atoms with E-state index < -0.39 is 0 Å². The first-order valence-corrected chi connectivity index (χ1v) is 8.10. The van der Waals surface area contributed by atoms with Crippen LogP contribution in [0.2, 0.25) is 5.02 Å². The molecule has 0 aliphatic carbocycles. The SMILES string of the molecule is CC(C)Sc1ccccc1C(=O)NCc1ccc(Cl)cc1. The van der Waals surface area contributed by atoms with Gasteiger partial charge >= 0.3 is 0 Å². The van der Waals surface area contributed by atoms with Crippen molar-refractivity contribution in [1.82, 2.24) is 5.32 Å². The van der Waals surface area contributed by atoms with Crippen LogP contribution in [0, 0.1) is 0 Å². The van der Waals surface area contributed by atoms with Gasteiger partial charge in [-0.1, -0.05) is 49.7 Å². The zero-order valence-corrected chi connectivity index (χ0v) is 13.7. The van der Waals surface area contributed by atoms with Crippen LogP contribution >= 0.6 is 23.4 Å². The molecule has 0 aliphatic rings. The summed E-state index contributed by atoms with van der Waals surface area (Å²) in [6.07, 6.45) is 0. The van der Waals surface area contributed by atoms with E-state index in [9.17, 15) is 4.79 Å². The molecule has 0 bridgehead atoms. The molecule has 0 aromatic heterocycles. The second kappa shape index (κ2) is 7.53. The topological polar surface area (TPSA) is 29.1 Å². The van der Waals surface area contributed by atoms with Crippen molar-refractivity contribution in [3.05, 3.63) is 64.7 Å². The Balaban J connectivity index is 2.05. The Labute approximate surface area is 134 Å². The summed E-state index contributed by atoms with van der Waals surface area (Å²) in [4.78, 5) is 13.4. The molecule has 1 amide bonds. The fourth-order valence-electron chi connectivity index (χ4n) is 1.89. The van der Waals surface area contributed by atoms with Crippen LogP contribution in [0.4, 0.5) is 0 Å². The van der Waals surface area contributed by atoms with Crippen LogP contribution in [0.5, 0.6) is 0 Å². The fraction of sp³-hybridized carbons (Fsp3) is 0.235. The number of halogens is 1. The van der Waals surface area contributed by atoms with Gasteiger partial charge in [0.05, 0.1) is 5.56 Å². The Morgan fingerprint density at radius 1 is 1.14 bits per heavy atom. The molecule has 21 heavy (non-hydrogen) atoms. The number of amides is 1. The van der Waals surface area contributed by atoms with Gasteiger partial charge in [-0.3, -0.25) is 4.79 Å². The number of thioether (sulfide) groups is 1. The van der Waals surface area contributed by atoms with Crippen molar-refractivity contribution in [2.24, 2.45) is 0 Å². The summed E-state index contributed by atoms with van der Waals surface area (Å²) < 4.78 is 0. The van der Waals surface area contributed by atoms with Gasteiger partial charge in [0.2, 0.25) is 0 Å². The van der Waals surface area contributed by atoms with Gasteiger partial charge in [-0.15, -0.1) is 11.8 Å². The average Bonchev–Trinajstić information content (AvgIpc) is 2.46. The second-order valence-corrected chi connectivity index (χ2v) is 7.03. The summed E-state index contributed by atoms with van der Waals surface area (Å²) >= 11 is 7.55. The van der Waals surface area contributed by atoms with Crippen molar-refractivity contribution < 1.29 is 4.79 Å². The van der Waals surface area contributed by atoms with Crippen molar-refractivity contribution in [2.45, 2.75) is 30.5 Å². The smallest absolute Gasteiger partial charge is 0.252 e. The summed E-state index contributed by atoms with van der Waals surface area (Å²) in [5.41, 5.74) is 1.76. The molecule has 0 aliphatic heterocycles. The van der Waals surface area contributed by atoms with Gasteiger partial charge in [-0.2, -0.15) is 0 Å². The minimum absolute atomic E-state index is 0.0475. The van der Waals surface area contributed by atoms with E-state index in [1.807, 2.05) is 48.5 Å². The molecule has 2 aromatic carbocycles. The standard InChI is InChI=1S/C17H18ClNOS/c1-12(2)21-16-6-4-3-5-15(16)17(20)19-11-13-7-9-14(18)10-8-13/h3-10,12H,11H2,1-2H3,(H,19,20). The average molecular weight is 320 g/mol. The molecule has 0 atom stereocenters. The molecule has 2 aromatic rings. The molecule has 0 saturated carbocycles. The molecule has 0 saturated heterocycles. The second-order valence-electron chi connectivity index (χ2n) is 4.97. The largest absolute Gasteiger partial charge is 0.348 e. The summed E-state index contributed by atoms with van der Waals surface area (Å²) in [6, 6.07) is 15.2. The van der Waals surface area contributed by atoms with Crippen LogP contribution in [0.15, 0.2) is 53.4 Å². The zero-order chi connectivity index (χ0) is 15.2. The van der Waals surface area contributed by atoms with E-state index in [-0.39, 0.29) is 5.91 Å². The molecule has 0 spiro atoms. The minimum Gasteiger partial charge on any atom is -0.348 e. The normalized spacial score (nSPS) is 10.7. The van der Waals surface area contributed by atoms with E-state index in [1.54, 1.807) is 11.8 Å². The fourth-order valence-corrected chi connectivity index (χ4v) is 2.97. The zero-order valence-electron chi connectivity index (χ0n) is 12.1. The van der Waals surface area contributed by atoms with Gasteiger partial charge < -0.3 is 5.32 Å². The Hall–Kier alpha value is -1.45. The lowest BCUT2D eigenvalue weighted by atomic mass is 10.2. The quantitative estimate of drug-likeness (QED) is 0.804. The lowest BCUT2D eigenvalue weighted by molar-refractivity contribution is 0.0948. The van der Waals surface area contributed by atoms with Crippen LogP contribution in [0.1, 0.15) is 29.8 Å². The predicted molar refractivity (Wildman–Crippen MR) is 90.1 cm³/mol. The number of carbonyl (C=O) groups excluding carboxylic acids is 1. The molecule has 0 radical (unpaired) electrons. The van der Waals surface area contributed by atoms with Crippen molar-refractivity contribution in [1.29, 1.82) is 0 Å². The van der Waals surface area contributed by atoms with E-state index >= 15 is 0 Å². The lowest BCUT2D eigenvalue weighted by Crippen LogP contribution is -2.23. The number of hydrogen-bond acceptors (Lipinski definition) is 2. The van der Waals surface area contributed by atoms with Crippen molar-refractivity contribution in [3.8, 4) is 0 Å². The summed E-state index contributed by atoms with van der Waals surface area (Å²) in [6.45, 7) is 4.73. The number of carbonyl (C=O) groups is 1. The van der Waals surface area contributed by atoms with Gasteiger partial charge in [0.15, 0.2) is 0 Å². The maximum absolute atomic E-state index is 12.3. The molecule has 0 fully saturated rings. The number of hydrogen-bond donors (Lipinski definition) is 1. The van der Waals surface area contributed by atoms with Gasteiger partial charge in [0, 0.05) is 21.7 Å². The van der Waals surface area contributed by atoms with Crippen LogP contribution in [0.25, 0.3) is 0 Å². The molecule has 2 nitrogen and oxygen atoms in total. The highest BCUT2D eigenvalue weighted by Gasteiger charge is 2.12. The van der Waals surface area contributed by atoms with Crippen LogP contribution < -0.4 is 5.32 Å². The van der Waals surface area contributed by atoms with Gasteiger partial charge in [-0.25, -0.2) is 0 Å². The van der Waals surface area contributed by atoms with E-state index in [1.165, 1.54) is 0 Å². The molecule has 0 unspecified atom stereocenters. The van der Waals surface area contributed by atoms with E-state index in [2.05, 4.69) is 19.2 Å². The van der Waals surface area contributed by atoms with Crippen LogP contribution in [-0.4, -0.2) is 11.2 Å². The first kappa shape index (κ1) is 15.9. The molecular weight excluding hydrogens is 302 g/mol. The van der Waals surface area contributed by atoms with Crippen LogP contribution in [-0.2, 0) is 6.54 Å². The predicted octanol–water partition coefficient (Wildman–Crippen LogP) is 4.77. The maximum Gasteiger partial charge on any atom is 0.252 e. The maximum atomic E-state index is 12.3. The minimum atomic E-state index is -0.0475. The summed E-state index contributed by atoms with van der Waals surface area (Å²) in [5.74, 6) is -0.0475. The summed E-state index contributed by atoms with van der Waals surface area (Å²) in [5, 5.41) is 4.09. The third-order valence-corrected chi connectivity index (χ3v) is 4.19. The Kier molecular flexibility index (Phi) is 5.71. The molecule has 4 heteroatoms. The summed E-state index contributed by atoms with van der Waals surface area (Å²) in [7, 11) is 0. The third kappa shape index (κ3) is 4.80. The number of rotatable bonds is 5. The molecule has 110 valence electrons.